The second-order valence-electron chi connectivity index (χ2n) is 4.47. The van der Waals surface area contributed by atoms with E-state index in [1.54, 1.807) is 30.3 Å². The molecule has 0 saturated heterocycles. The molecule has 6 heteroatoms. The van der Waals surface area contributed by atoms with Crippen LogP contribution in [0.1, 0.15) is 12.5 Å². The summed E-state index contributed by atoms with van der Waals surface area (Å²) in [6.07, 6.45) is 0. The molecule has 0 atom stereocenters. The topological polar surface area (TPSA) is 46.4 Å². The van der Waals surface area contributed by atoms with Crippen LogP contribution < -0.4 is 4.90 Å². The SMILES string of the molecule is CCN(Cc1cccc([N+](=O)[O-])c1Br)c1ccccc1F. The smallest absolute Gasteiger partial charge is 0.283 e. The number of para-hydroxylation sites is 1. The van der Waals surface area contributed by atoms with Gasteiger partial charge < -0.3 is 4.90 Å². The standard InChI is InChI=1S/C15H14BrFN2O2/c1-2-18(13-8-4-3-7-12(13)17)10-11-6-5-9-14(15(11)16)19(20)21/h3-9H,2,10H2,1H3. The predicted molar refractivity (Wildman–Crippen MR) is 83.9 cm³/mol. The monoisotopic (exact) mass is 352 g/mol. The van der Waals surface area contributed by atoms with Crippen LogP contribution in [0.4, 0.5) is 15.8 Å². The molecule has 0 fully saturated rings. The van der Waals surface area contributed by atoms with Gasteiger partial charge in [-0.3, -0.25) is 10.1 Å². The Bertz CT molecular complexity index is 664. The van der Waals surface area contributed by atoms with Crippen molar-refractivity contribution in [2.75, 3.05) is 11.4 Å². The molecule has 110 valence electrons. The highest BCUT2D eigenvalue weighted by Crippen LogP contribution is 2.30. The van der Waals surface area contributed by atoms with Crippen molar-refractivity contribution >= 4 is 27.3 Å². The molecule has 0 spiro atoms. The molecule has 0 saturated carbocycles. The lowest BCUT2D eigenvalue weighted by Gasteiger charge is -2.24. The summed E-state index contributed by atoms with van der Waals surface area (Å²) in [4.78, 5) is 12.4. The van der Waals surface area contributed by atoms with Gasteiger partial charge in [-0.05, 0) is 40.5 Å². The molecule has 0 heterocycles. The number of anilines is 1. The number of halogens is 2. The number of rotatable bonds is 5. The fourth-order valence-electron chi connectivity index (χ4n) is 2.11. The first kappa shape index (κ1) is 15.4. The summed E-state index contributed by atoms with van der Waals surface area (Å²) >= 11 is 3.27. The Hall–Kier alpha value is -1.95. The number of nitrogens with zero attached hydrogens (tertiary/aromatic N) is 2. The lowest BCUT2D eigenvalue weighted by Crippen LogP contribution is -2.23. The zero-order chi connectivity index (χ0) is 15.4. The molecule has 21 heavy (non-hydrogen) atoms. The van der Waals surface area contributed by atoms with Crippen molar-refractivity contribution in [1.82, 2.24) is 0 Å². The fourth-order valence-corrected chi connectivity index (χ4v) is 2.64. The van der Waals surface area contributed by atoms with E-state index in [-0.39, 0.29) is 11.5 Å². The number of benzene rings is 2. The Kier molecular flexibility index (Phi) is 4.90. The van der Waals surface area contributed by atoms with Crippen LogP contribution in [0.2, 0.25) is 0 Å². The molecular weight excluding hydrogens is 339 g/mol. The largest absolute Gasteiger partial charge is 0.365 e. The molecule has 2 aromatic rings. The van der Waals surface area contributed by atoms with Gasteiger partial charge in [0.1, 0.15) is 10.3 Å². The average molecular weight is 353 g/mol. The molecule has 0 unspecified atom stereocenters. The lowest BCUT2D eigenvalue weighted by atomic mass is 10.1. The summed E-state index contributed by atoms with van der Waals surface area (Å²) in [5.74, 6) is -0.305. The van der Waals surface area contributed by atoms with Crippen LogP contribution >= 0.6 is 15.9 Å². The van der Waals surface area contributed by atoms with E-state index in [1.165, 1.54) is 12.1 Å². The first-order valence-electron chi connectivity index (χ1n) is 6.45. The van der Waals surface area contributed by atoms with Gasteiger partial charge in [0.2, 0.25) is 0 Å². The maximum absolute atomic E-state index is 13.9. The van der Waals surface area contributed by atoms with Gasteiger partial charge >= 0.3 is 0 Å². The third kappa shape index (κ3) is 3.39. The summed E-state index contributed by atoms with van der Waals surface area (Å²) in [5, 5.41) is 11.0. The second kappa shape index (κ2) is 6.67. The Morgan fingerprint density at radius 1 is 1.24 bits per heavy atom. The zero-order valence-corrected chi connectivity index (χ0v) is 13.0. The minimum atomic E-state index is -0.438. The molecule has 2 aromatic carbocycles. The van der Waals surface area contributed by atoms with Gasteiger partial charge in [-0.2, -0.15) is 0 Å². The third-order valence-electron chi connectivity index (χ3n) is 3.19. The van der Waals surface area contributed by atoms with Gasteiger partial charge in [-0.15, -0.1) is 0 Å². The van der Waals surface area contributed by atoms with Gasteiger partial charge in [0.25, 0.3) is 5.69 Å². The van der Waals surface area contributed by atoms with E-state index in [0.29, 0.717) is 23.2 Å². The number of hydrogen-bond acceptors (Lipinski definition) is 3. The molecule has 0 N–H and O–H groups in total. The van der Waals surface area contributed by atoms with E-state index < -0.39 is 4.92 Å². The first-order chi connectivity index (χ1) is 10.0. The number of hydrogen-bond donors (Lipinski definition) is 0. The molecule has 0 aliphatic rings. The molecule has 0 aliphatic carbocycles. The summed E-state index contributed by atoms with van der Waals surface area (Å²) in [6, 6.07) is 11.4. The van der Waals surface area contributed by atoms with Crippen molar-refractivity contribution in [3.63, 3.8) is 0 Å². The van der Waals surface area contributed by atoms with Crippen molar-refractivity contribution < 1.29 is 9.31 Å². The highest BCUT2D eigenvalue weighted by molar-refractivity contribution is 9.10. The van der Waals surface area contributed by atoms with Gasteiger partial charge in [-0.1, -0.05) is 24.3 Å². The van der Waals surface area contributed by atoms with Gasteiger partial charge in [0, 0.05) is 19.2 Å². The van der Waals surface area contributed by atoms with Crippen LogP contribution in [0.3, 0.4) is 0 Å². The second-order valence-corrected chi connectivity index (χ2v) is 5.27. The minimum Gasteiger partial charge on any atom is -0.365 e. The van der Waals surface area contributed by atoms with Crippen LogP contribution in [-0.2, 0) is 6.54 Å². The number of nitro groups is 1. The Morgan fingerprint density at radius 2 is 1.95 bits per heavy atom. The summed E-state index contributed by atoms with van der Waals surface area (Å²) in [6.45, 7) is 2.90. The van der Waals surface area contributed by atoms with E-state index in [4.69, 9.17) is 0 Å². The summed E-state index contributed by atoms with van der Waals surface area (Å²) in [5.41, 5.74) is 1.24. The molecular formula is C15H14BrFN2O2. The zero-order valence-electron chi connectivity index (χ0n) is 11.4. The maximum atomic E-state index is 13.9. The maximum Gasteiger partial charge on any atom is 0.283 e. The van der Waals surface area contributed by atoms with Crippen LogP contribution in [0.5, 0.6) is 0 Å². The normalized spacial score (nSPS) is 10.4. The first-order valence-corrected chi connectivity index (χ1v) is 7.25. The fraction of sp³-hybridized carbons (Fsp3) is 0.200. The Morgan fingerprint density at radius 3 is 2.57 bits per heavy atom. The molecule has 0 bridgehead atoms. The quantitative estimate of drug-likeness (QED) is 0.586. The third-order valence-corrected chi connectivity index (χ3v) is 4.11. The molecule has 0 amide bonds. The van der Waals surface area contributed by atoms with Crippen molar-refractivity contribution in [2.24, 2.45) is 0 Å². The summed E-state index contributed by atoms with van der Waals surface area (Å²) in [7, 11) is 0. The van der Waals surface area contributed by atoms with E-state index in [1.807, 2.05) is 11.8 Å². The molecule has 0 aliphatic heterocycles. The highest BCUT2D eigenvalue weighted by Gasteiger charge is 2.17. The van der Waals surface area contributed by atoms with Crippen molar-refractivity contribution in [3.05, 3.63) is 68.4 Å². The van der Waals surface area contributed by atoms with E-state index in [0.717, 1.165) is 5.56 Å². The summed E-state index contributed by atoms with van der Waals surface area (Å²) < 4.78 is 14.3. The molecule has 2 rings (SSSR count). The van der Waals surface area contributed by atoms with Gasteiger partial charge in [0.15, 0.2) is 0 Å². The average Bonchev–Trinajstić information content (AvgIpc) is 2.47. The van der Waals surface area contributed by atoms with Gasteiger partial charge in [0.05, 0.1) is 10.6 Å². The minimum absolute atomic E-state index is 0.0112. The Labute approximate surface area is 130 Å². The molecule has 0 aromatic heterocycles. The predicted octanol–water partition coefficient (Wildman–Crippen LogP) is 4.52. The lowest BCUT2D eigenvalue weighted by molar-refractivity contribution is -0.385. The van der Waals surface area contributed by atoms with Crippen LogP contribution in [0, 0.1) is 15.9 Å². The Balaban J connectivity index is 2.34. The van der Waals surface area contributed by atoms with E-state index >= 15 is 0 Å². The molecule has 0 radical (unpaired) electrons. The van der Waals surface area contributed by atoms with Crippen molar-refractivity contribution in [1.29, 1.82) is 0 Å². The van der Waals surface area contributed by atoms with Crippen LogP contribution in [-0.4, -0.2) is 11.5 Å². The van der Waals surface area contributed by atoms with Crippen molar-refractivity contribution in [2.45, 2.75) is 13.5 Å². The van der Waals surface area contributed by atoms with Crippen molar-refractivity contribution in [3.8, 4) is 0 Å². The molecule has 4 nitrogen and oxygen atoms in total. The van der Waals surface area contributed by atoms with Crippen LogP contribution in [0.15, 0.2) is 46.9 Å². The highest BCUT2D eigenvalue weighted by atomic mass is 79.9. The van der Waals surface area contributed by atoms with Gasteiger partial charge in [-0.25, -0.2) is 4.39 Å². The van der Waals surface area contributed by atoms with Crippen LogP contribution in [0.25, 0.3) is 0 Å². The number of nitro benzene ring substituents is 1. The van der Waals surface area contributed by atoms with E-state index in [2.05, 4.69) is 15.9 Å². The van der Waals surface area contributed by atoms with E-state index in [9.17, 15) is 14.5 Å².